The molecule has 6 nitrogen and oxygen atoms in total. The third-order valence-corrected chi connectivity index (χ3v) is 4.72. The minimum absolute atomic E-state index is 0.0457. The number of rotatable bonds is 5. The zero-order valence-electron chi connectivity index (χ0n) is 16.2. The summed E-state index contributed by atoms with van der Waals surface area (Å²) in [7, 11) is 0. The summed E-state index contributed by atoms with van der Waals surface area (Å²) in [5.74, 6) is -0.211. The summed E-state index contributed by atoms with van der Waals surface area (Å²) in [5.41, 5.74) is 4.91. The Hall–Kier alpha value is -3.80. The standard InChI is InChI=1S/C23H20N4O2/c1-3-20(28)26-18-6-4-5-17(13-18)19-11-12-24-23-21(25-14-27(19)23)22(29)16-9-7-15(2)8-10-16/h4-14H,3H2,1-2H3,(H,26,28). The highest BCUT2D eigenvalue weighted by molar-refractivity contribution is 6.11. The van der Waals surface area contributed by atoms with E-state index in [2.05, 4.69) is 15.3 Å². The molecule has 144 valence electrons. The number of anilines is 1. The maximum absolute atomic E-state index is 12.9. The number of aryl methyl sites for hydroxylation is 1. The first-order valence-electron chi connectivity index (χ1n) is 9.40. The van der Waals surface area contributed by atoms with Crippen LogP contribution >= 0.6 is 0 Å². The van der Waals surface area contributed by atoms with Gasteiger partial charge in [-0.3, -0.25) is 14.0 Å². The molecular formula is C23H20N4O2. The summed E-state index contributed by atoms with van der Waals surface area (Å²) in [6.45, 7) is 3.79. The molecule has 0 saturated heterocycles. The molecule has 1 amide bonds. The van der Waals surface area contributed by atoms with Crippen LogP contribution in [-0.2, 0) is 4.79 Å². The lowest BCUT2D eigenvalue weighted by Gasteiger charge is -2.09. The average molecular weight is 384 g/mol. The van der Waals surface area contributed by atoms with E-state index in [-0.39, 0.29) is 11.7 Å². The van der Waals surface area contributed by atoms with Crippen LogP contribution in [0.25, 0.3) is 16.9 Å². The smallest absolute Gasteiger partial charge is 0.224 e. The minimum Gasteiger partial charge on any atom is -0.326 e. The predicted octanol–water partition coefficient (Wildman–Crippen LogP) is 4.28. The highest BCUT2D eigenvalue weighted by atomic mass is 16.1. The van der Waals surface area contributed by atoms with Crippen LogP contribution < -0.4 is 5.32 Å². The van der Waals surface area contributed by atoms with Crippen molar-refractivity contribution in [2.45, 2.75) is 20.3 Å². The first-order chi connectivity index (χ1) is 14.1. The van der Waals surface area contributed by atoms with Gasteiger partial charge >= 0.3 is 0 Å². The van der Waals surface area contributed by atoms with Crippen molar-refractivity contribution in [3.8, 4) is 11.3 Å². The number of benzene rings is 2. The van der Waals surface area contributed by atoms with Crippen molar-refractivity contribution in [2.24, 2.45) is 0 Å². The summed E-state index contributed by atoms with van der Waals surface area (Å²) < 4.78 is 1.79. The second-order valence-electron chi connectivity index (χ2n) is 6.79. The first-order valence-corrected chi connectivity index (χ1v) is 9.40. The number of nitrogens with one attached hydrogen (secondary N) is 1. The Bertz CT molecular complexity index is 1210. The van der Waals surface area contributed by atoms with Crippen molar-refractivity contribution in [1.29, 1.82) is 0 Å². The molecule has 0 fully saturated rings. The van der Waals surface area contributed by atoms with Crippen LogP contribution in [-0.4, -0.2) is 26.1 Å². The van der Waals surface area contributed by atoms with Gasteiger partial charge in [0.1, 0.15) is 6.33 Å². The molecule has 0 radical (unpaired) electrons. The van der Waals surface area contributed by atoms with Gasteiger partial charge in [-0.1, -0.05) is 48.9 Å². The van der Waals surface area contributed by atoms with Gasteiger partial charge < -0.3 is 5.32 Å². The lowest BCUT2D eigenvalue weighted by Crippen LogP contribution is -2.09. The normalized spacial score (nSPS) is 10.8. The molecule has 4 aromatic rings. The average Bonchev–Trinajstić information content (AvgIpc) is 3.18. The Morgan fingerprint density at radius 1 is 1.03 bits per heavy atom. The van der Waals surface area contributed by atoms with Gasteiger partial charge in [-0.05, 0) is 25.1 Å². The fourth-order valence-electron chi connectivity index (χ4n) is 3.14. The minimum atomic E-state index is -0.166. The molecule has 4 rings (SSSR count). The molecule has 0 saturated carbocycles. The highest BCUT2D eigenvalue weighted by Crippen LogP contribution is 2.25. The van der Waals surface area contributed by atoms with Gasteiger partial charge in [0.05, 0.1) is 5.69 Å². The molecule has 29 heavy (non-hydrogen) atoms. The summed E-state index contributed by atoms with van der Waals surface area (Å²) in [5, 5.41) is 2.87. The van der Waals surface area contributed by atoms with Crippen molar-refractivity contribution in [3.63, 3.8) is 0 Å². The maximum Gasteiger partial charge on any atom is 0.224 e. The Labute approximate surface area is 168 Å². The molecule has 0 aliphatic rings. The second-order valence-corrected chi connectivity index (χ2v) is 6.79. The number of hydrogen-bond acceptors (Lipinski definition) is 4. The highest BCUT2D eigenvalue weighted by Gasteiger charge is 2.18. The van der Waals surface area contributed by atoms with Crippen LogP contribution in [0.5, 0.6) is 0 Å². The van der Waals surface area contributed by atoms with E-state index in [1.807, 2.05) is 56.3 Å². The third-order valence-electron chi connectivity index (χ3n) is 4.72. The zero-order chi connectivity index (χ0) is 20.4. The molecular weight excluding hydrogens is 364 g/mol. The van der Waals surface area contributed by atoms with Crippen molar-refractivity contribution in [1.82, 2.24) is 14.4 Å². The maximum atomic E-state index is 12.9. The van der Waals surface area contributed by atoms with Crippen LogP contribution in [0.3, 0.4) is 0 Å². The lowest BCUT2D eigenvalue weighted by atomic mass is 10.1. The SMILES string of the molecule is CCC(=O)Nc1cccc(-c2ccnc3c(C(=O)c4ccc(C)cc4)ncn23)c1. The number of ketones is 1. The number of carbonyl (C=O) groups excluding carboxylic acids is 2. The number of fused-ring (bicyclic) bond motifs is 1. The monoisotopic (exact) mass is 384 g/mol. The van der Waals surface area contributed by atoms with E-state index in [0.29, 0.717) is 23.3 Å². The van der Waals surface area contributed by atoms with E-state index in [4.69, 9.17) is 0 Å². The number of hydrogen-bond donors (Lipinski definition) is 1. The van der Waals surface area contributed by atoms with Crippen LogP contribution in [0.15, 0.2) is 67.1 Å². The summed E-state index contributed by atoms with van der Waals surface area (Å²) in [4.78, 5) is 33.4. The van der Waals surface area contributed by atoms with Gasteiger partial charge in [0.15, 0.2) is 11.3 Å². The van der Waals surface area contributed by atoms with Gasteiger partial charge in [0, 0.05) is 29.4 Å². The van der Waals surface area contributed by atoms with E-state index in [1.165, 1.54) is 0 Å². The van der Waals surface area contributed by atoms with Crippen molar-refractivity contribution in [3.05, 3.63) is 83.9 Å². The molecule has 0 unspecified atom stereocenters. The molecule has 0 aliphatic carbocycles. The molecule has 2 aromatic heterocycles. The van der Waals surface area contributed by atoms with Gasteiger partial charge in [-0.25, -0.2) is 9.97 Å². The quantitative estimate of drug-likeness (QED) is 0.521. The summed E-state index contributed by atoms with van der Waals surface area (Å²) >= 11 is 0. The Kier molecular flexibility index (Phi) is 4.91. The number of aromatic nitrogens is 3. The Morgan fingerprint density at radius 2 is 1.83 bits per heavy atom. The molecule has 0 aliphatic heterocycles. The van der Waals surface area contributed by atoms with Gasteiger partial charge in [0.2, 0.25) is 11.7 Å². The lowest BCUT2D eigenvalue weighted by molar-refractivity contribution is -0.115. The number of imidazole rings is 1. The molecule has 1 N–H and O–H groups in total. The van der Waals surface area contributed by atoms with E-state index in [0.717, 1.165) is 22.5 Å². The van der Waals surface area contributed by atoms with E-state index in [1.54, 1.807) is 29.1 Å². The second kappa shape index (κ2) is 7.67. The number of nitrogens with zero attached hydrogens (tertiary/aromatic N) is 3. The van der Waals surface area contributed by atoms with Gasteiger partial charge in [-0.15, -0.1) is 0 Å². The van der Waals surface area contributed by atoms with Crippen LogP contribution in [0.2, 0.25) is 0 Å². The summed E-state index contributed by atoms with van der Waals surface area (Å²) in [6, 6.07) is 16.8. The fraction of sp³-hybridized carbons (Fsp3) is 0.130. The van der Waals surface area contributed by atoms with Gasteiger partial charge in [-0.2, -0.15) is 0 Å². The van der Waals surface area contributed by atoms with E-state index >= 15 is 0 Å². The number of amides is 1. The zero-order valence-corrected chi connectivity index (χ0v) is 16.2. The fourth-order valence-corrected chi connectivity index (χ4v) is 3.14. The summed E-state index contributed by atoms with van der Waals surface area (Å²) in [6.07, 6.45) is 3.68. The molecule has 0 bridgehead atoms. The molecule has 6 heteroatoms. The third kappa shape index (κ3) is 3.65. The van der Waals surface area contributed by atoms with Gasteiger partial charge in [0.25, 0.3) is 0 Å². The predicted molar refractivity (Wildman–Crippen MR) is 112 cm³/mol. The van der Waals surface area contributed by atoms with Crippen molar-refractivity contribution in [2.75, 3.05) is 5.32 Å². The molecule has 0 atom stereocenters. The molecule has 2 heterocycles. The van der Waals surface area contributed by atoms with E-state index in [9.17, 15) is 9.59 Å². The van der Waals surface area contributed by atoms with Crippen LogP contribution in [0.4, 0.5) is 5.69 Å². The molecule has 2 aromatic carbocycles. The number of carbonyl (C=O) groups is 2. The largest absolute Gasteiger partial charge is 0.326 e. The van der Waals surface area contributed by atoms with E-state index < -0.39 is 0 Å². The van der Waals surface area contributed by atoms with Crippen LogP contribution in [0, 0.1) is 6.92 Å². The van der Waals surface area contributed by atoms with Crippen LogP contribution in [0.1, 0.15) is 35.0 Å². The van der Waals surface area contributed by atoms with Crippen molar-refractivity contribution < 1.29 is 9.59 Å². The molecule has 0 spiro atoms. The van der Waals surface area contributed by atoms with Crippen molar-refractivity contribution >= 4 is 23.0 Å². The Balaban J connectivity index is 1.75. The Morgan fingerprint density at radius 3 is 2.59 bits per heavy atom. The topological polar surface area (TPSA) is 76.4 Å². The first kappa shape index (κ1) is 18.6.